The first-order valence-electron chi connectivity index (χ1n) is 8.60. The van der Waals surface area contributed by atoms with E-state index in [1.54, 1.807) is 12.4 Å². The summed E-state index contributed by atoms with van der Waals surface area (Å²) in [4.78, 5) is 21.2. The number of fused-ring (bicyclic) bond motifs is 1. The number of carbonyl (C=O) groups is 1. The Bertz CT molecular complexity index is 713. The number of nitrogens with zero attached hydrogens (tertiary/aromatic N) is 5. The third-order valence-corrected chi connectivity index (χ3v) is 5.25. The topological polar surface area (TPSA) is 54.3 Å². The lowest BCUT2D eigenvalue weighted by atomic mass is 9.95. The third-order valence-electron chi connectivity index (χ3n) is 5.25. The Balaban J connectivity index is 1.48. The van der Waals surface area contributed by atoms with E-state index in [2.05, 4.69) is 26.1 Å². The molecule has 0 unspecified atom stereocenters. The van der Waals surface area contributed by atoms with Crippen LogP contribution in [0.2, 0.25) is 0 Å². The number of hydrogen-bond donors (Lipinski definition) is 0. The molecule has 2 aliphatic heterocycles. The van der Waals surface area contributed by atoms with Crippen molar-refractivity contribution in [1.29, 1.82) is 0 Å². The summed E-state index contributed by atoms with van der Waals surface area (Å²) in [5.41, 5.74) is 2.40. The zero-order valence-corrected chi connectivity index (χ0v) is 14.0. The van der Waals surface area contributed by atoms with Crippen LogP contribution in [0.4, 0.5) is 0 Å². The number of likely N-dealkylation sites (tertiary alicyclic amines) is 2. The summed E-state index contributed by atoms with van der Waals surface area (Å²) in [6.45, 7) is 2.67. The first-order chi connectivity index (χ1) is 11.7. The molecular formula is C18H23N5O. The van der Waals surface area contributed by atoms with Crippen LogP contribution in [0, 0.1) is 0 Å². The van der Waals surface area contributed by atoms with E-state index in [1.165, 1.54) is 5.56 Å². The molecule has 2 aromatic rings. The van der Waals surface area contributed by atoms with E-state index in [4.69, 9.17) is 0 Å². The molecule has 0 bridgehead atoms. The molecule has 2 fully saturated rings. The van der Waals surface area contributed by atoms with Crippen LogP contribution in [-0.2, 0) is 24.9 Å². The highest BCUT2D eigenvalue weighted by atomic mass is 16.2. The maximum Gasteiger partial charge on any atom is 0.223 e. The van der Waals surface area contributed by atoms with Gasteiger partial charge in [-0.3, -0.25) is 19.4 Å². The number of pyridine rings is 1. The molecule has 6 nitrogen and oxygen atoms in total. The number of amides is 1. The fraction of sp³-hybridized carbons (Fsp3) is 0.500. The van der Waals surface area contributed by atoms with Crippen molar-refractivity contribution in [1.82, 2.24) is 24.6 Å². The largest absolute Gasteiger partial charge is 0.334 e. The van der Waals surface area contributed by atoms with Crippen LogP contribution in [0.5, 0.6) is 0 Å². The van der Waals surface area contributed by atoms with Crippen LogP contribution in [0.15, 0.2) is 36.9 Å². The standard InChI is InChI=1S/C18H23N5O/c1-21-11-15(10-20-21)12-22-9-6-17-16(22)2-3-18(24)23(17)13-14-4-7-19-8-5-14/h4-5,7-8,10-11,16-17H,2-3,6,9,12-13H2,1H3/t16-,17-/m0/s1. The second kappa shape index (κ2) is 6.36. The molecule has 6 heteroatoms. The molecule has 4 rings (SSSR count). The highest BCUT2D eigenvalue weighted by molar-refractivity contribution is 5.77. The predicted molar refractivity (Wildman–Crippen MR) is 89.8 cm³/mol. The Morgan fingerprint density at radius 1 is 1.12 bits per heavy atom. The van der Waals surface area contributed by atoms with Gasteiger partial charge in [-0.2, -0.15) is 5.10 Å². The first kappa shape index (κ1) is 15.3. The average molecular weight is 325 g/mol. The quantitative estimate of drug-likeness (QED) is 0.856. The molecule has 126 valence electrons. The fourth-order valence-electron chi connectivity index (χ4n) is 4.11. The van der Waals surface area contributed by atoms with Gasteiger partial charge in [-0.25, -0.2) is 0 Å². The minimum Gasteiger partial charge on any atom is -0.334 e. The van der Waals surface area contributed by atoms with E-state index in [0.717, 1.165) is 31.5 Å². The number of aromatic nitrogens is 3. The highest BCUT2D eigenvalue weighted by Crippen LogP contribution is 2.33. The molecule has 0 spiro atoms. The summed E-state index contributed by atoms with van der Waals surface area (Å²) in [6, 6.07) is 4.79. The summed E-state index contributed by atoms with van der Waals surface area (Å²) < 4.78 is 1.85. The average Bonchev–Trinajstić information content (AvgIpc) is 3.18. The molecule has 0 aromatic carbocycles. The van der Waals surface area contributed by atoms with Crippen molar-refractivity contribution >= 4 is 5.91 Å². The van der Waals surface area contributed by atoms with E-state index < -0.39 is 0 Å². The second-order valence-corrected chi connectivity index (χ2v) is 6.83. The molecule has 1 amide bonds. The van der Waals surface area contributed by atoms with Crippen LogP contribution in [-0.4, -0.2) is 49.1 Å². The summed E-state index contributed by atoms with van der Waals surface area (Å²) in [5, 5.41) is 4.27. The third kappa shape index (κ3) is 2.94. The van der Waals surface area contributed by atoms with Crippen molar-refractivity contribution in [2.75, 3.05) is 6.54 Å². The molecule has 0 radical (unpaired) electrons. The van der Waals surface area contributed by atoms with Gasteiger partial charge in [0.25, 0.3) is 0 Å². The molecule has 24 heavy (non-hydrogen) atoms. The molecule has 2 aliphatic rings. The van der Waals surface area contributed by atoms with Gasteiger partial charge in [0, 0.05) is 69.3 Å². The number of hydrogen-bond acceptors (Lipinski definition) is 4. The molecule has 0 aliphatic carbocycles. The normalized spacial score (nSPS) is 24.4. The lowest BCUT2D eigenvalue weighted by Crippen LogP contribution is -2.51. The van der Waals surface area contributed by atoms with Gasteiger partial charge in [0.2, 0.25) is 5.91 Å². The summed E-state index contributed by atoms with van der Waals surface area (Å²) in [6.07, 6.45) is 10.3. The highest BCUT2D eigenvalue weighted by Gasteiger charge is 2.42. The van der Waals surface area contributed by atoms with E-state index >= 15 is 0 Å². The van der Waals surface area contributed by atoms with E-state index in [-0.39, 0.29) is 5.91 Å². The lowest BCUT2D eigenvalue weighted by Gasteiger charge is -2.40. The zero-order chi connectivity index (χ0) is 16.5. The molecule has 2 saturated heterocycles. The summed E-state index contributed by atoms with van der Waals surface area (Å²) in [7, 11) is 1.95. The number of carbonyl (C=O) groups excluding carboxylic acids is 1. The van der Waals surface area contributed by atoms with Gasteiger partial charge in [-0.1, -0.05) is 0 Å². The first-order valence-corrected chi connectivity index (χ1v) is 8.60. The summed E-state index contributed by atoms with van der Waals surface area (Å²) >= 11 is 0. The van der Waals surface area contributed by atoms with Crippen molar-refractivity contribution in [2.24, 2.45) is 7.05 Å². The van der Waals surface area contributed by atoms with Gasteiger partial charge in [0.1, 0.15) is 0 Å². The monoisotopic (exact) mass is 325 g/mol. The fourth-order valence-corrected chi connectivity index (χ4v) is 4.11. The molecule has 0 N–H and O–H groups in total. The van der Waals surface area contributed by atoms with Crippen LogP contribution >= 0.6 is 0 Å². The molecule has 2 aromatic heterocycles. The predicted octanol–water partition coefficient (Wildman–Crippen LogP) is 1.58. The Hall–Kier alpha value is -2.21. The minimum atomic E-state index is 0.288. The minimum absolute atomic E-state index is 0.288. The molecular weight excluding hydrogens is 302 g/mol. The maximum absolute atomic E-state index is 12.5. The molecule has 2 atom stereocenters. The van der Waals surface area contributed by atoms with Gasteiger partial charge < -0.3 is 4.90 Å². The van der Waals surface area contributed by atoms with Gasteiger partial charge in [-0.15, -0.1) is 0 Å². The lowest BCUT2D eigenvalue weighted by molar-refractivity contribution is -0.138. The Morgan fingerprint density at radius 3 is 2.71 bits per heavy atom. The van der Waals surface area contributed by atoms with Gasteiger partial charge in [-0.05, 0) is 30.5 Å². The van der Waals surface area contributed by atoms with E-state index in [9.17, 15) is 4.79 Å². The number of aryl methyl sites for hydroxylation is 1. The van der Waals surface area contributed by atoms with Crippen molar-refractivity contribution < 1.29 is 4.79 Å². The van der Waals surface area contributed by atoms with Crippen LogP contribution in [0.25, 0.3) is 0 Å². The second-order valence-electron chi connectivity index (χ2n) is 6.83. The summed E-state index contributed by atoms with van der Waals surface area (Å²) in [5.74, 6) is 0.288. The number of rotatable bonds is 4. The smallest absolute Gasteiger partial charge is 0.223 e. The van der Waals surface area contributed by atoms with Crippen molar-refractivity contribution in [3.63, 3.8) is 0 Å². The van der Waals surface area contributed by atoms with Crippen molar-refractivity contribution in [3.05, 3.63) is 48.0 Å². The van der Waals surface area contributed by atoms with Crippen LogP contribution < -0.4 is 0 Å². The van der Waals surface area contributed by atoms with Gasteiger partial charge >= 0.3 is 0 Å². The Kier molecular flexibility index (Phi) is 4.06. The van der Waals surface area contributed by atoms with Gasteiger partial charge in [0.15, 0.2) is 0 Å². The van der Waals surface area contributed by atoms with Crippen molar-refractivity contribution in [3.8, 4) is 0 Å². The van der Waals surface area contributed by atoms with Crippen LogP contribution in [0.3, 0.4) is 0 Å². The van der Waals surface area contributed by atoms with E-state index in [0.29, 0.717) is 25.0 Å². The molecule has 4 heterocycles. The van der Waals surface area contributed by atoms with Crippen molar-refractivity contribution in [2.45, 2.75) is 44.4 Å². The maximum atomic E-state index is 12.5. The van der Waals surface area contributed by atoms with Gasteiger partial charge in [0.05, 0.1) is 6.20 Å². The number of piperidine rings is 1. The Morgan fingerprint density at radius 2 is 1.96 bits per heavy atom. The SMILES string of the molecule is Cn1cc(CN2CC[C@H]3[C@@H]2CCC(=O)N3Cc2ccncc2)cn1. The Labute approximate surface area is 142 Å². The van der Waals surface area contributed by atoms with Crippen LogP contribution in [0.1, 0.15) is 30.4 Å². The van der Waals surface area contributed by atoms with E-state index in [1.807, 2.05) is 30.1 Å². The zero-order valence-electron chi connectivity index (χ0n) is 14.0. The molecule has 0 saturated carbocycles.